The van der Waals surface area contributed by atoms with Gasteiger partial charge in [0.05, 0.1) is 0 Å². The topological polar surface area (TPSA) is 17.1 Å². The number of hydrogen-bond acceptors (Lipinski definition) is 1. The first-order chi connectivity index (χ1) is 8.49. The third-order valence-corrected chi connectivity index (χ3v) is 3.58. The van der Waals surface area contributed by atoms with Gasteiger partial charge in [0.2, 0.25) is 0 Å². The maximum absolute atomic E-state index is 10.8. The van der Waals surface area contributed by atoms with Gasteiger partial charge >= 0.3 is 0 Å². The molecule has 0 amide bonds. The van der Waals surface area contributed by atoms with Crippen molar-refractivity contribution in [1.82, 2.24) is 0 Å². The van der Waals surface area contributed by atoms with Crippen LogP contribution in [0.2, 0.25) is 0 Å². The molecule has 0 aromatic heterocycles. The van der Waals surface area contributed by atoms with Crippen molar-refractivity contribution in [1.29, 1.82) is 0 Å². The second-order valence-electron chi connectivity index (χ2n) is 6.17. The van der Waals surface area contributed by atoms with Crippen molar-refractivity contribution in [2.45, 2.75) is 59.3 Å². The standard InChI is InChI=1S/C17H26O/c1-5-6-7-14-8-10-15(11-9-14)16(12-13-18)17(2,3)4/h8-11,13,16H,5-7,12H2,1-4H3. The fourth-order valence-electron chi connectivity index (χ4n) is 2.38. The first-order valence-corrected chi connectivity index (χ1v) is 7.01. The van der Waals surface area contributed by atoms with E-state index < -0.39 is 0 Å². The fraction of sp³-hybridized carbons (Fsp3) is 0.588. The molecule has 1 aromatic rings. The van der Waals surface area contributed by atoms with Crippen LogP contribution < -0.4 is 0 Å². The average molecular weight is 246 g/mol. The van der Waals surface area contributed by atoms with Crippen molar-refractivity contribution in [3.8, 4) is 0 Å². The minimum atomic E-state index is 0.131. The van der Waals surface area contributed by atoms with Crippen molar-refractivity contribution in [3.63, 3.8) is 0 Å². The monoisotopic (exact) mass is 246 g/mol. The second-order valence-corrected chi connectivity index (χ2v) is 6.17. The Balaban J connectivity index is 2.83. The zero-order valence-corrected chi connectivity index (χ0v) is 12.2. The van der Waals surface area contributed by atoms with Crippen molar-refractivity contribution in [3.05, 3.63) is 35.4 Å². The highest BCUT2D eigenvalue weighted by molar-refractivity contribution is 5.52. The molecular weight excluding hydrogens is 220 g/mol. The molecule has 1 heteroatoms. The number of unbranched alkanes of at least 4 members (excludes halogenated alkanes) is 1. The molecule has 1 unspecified atom stereocenters. The van der Waals surface area contributed by atoms with Gasteiger partial charge in [0.25, 0.3) is 0 Å². The van der Waals surface area contributed by atoms with Crippen LogP contribution in [-0.4, -0.2) is 6.29 Å². The van der Waals surface area contributed by atoms with E-state index in [9.17, 15) is 4.79 Å². The number of carbonyl (C=O) groups excluding carboxylic acids is 1. The van der Waals surface area contributed by atoms with Crippen LogP contribution in [0.25, 0.3) is 0 Å². The molecule has 0 saturated heterocycles. The fourth-order valence-corrected chi connectivity index (χ4v) is 2.38. The van der Waals surface area contributed by atoms with Gasteiger partial charge in [-0.25, -0.2) is 0 Å². The van der Waals surface area contributed by atoms with Gasteiger partial charge in [0.15, 0.2) is 0 Å². The summed E-state index contributed by atoms with van der Waals surface area (Å²) in [7, 11) is 0. The summed E-state index contributed by atoms with van der Waals surface area (Å²) in [5.74, 6) is 0.315. The van der Waals surface area contributed by atoms with Crippen molar-refractivity contribution >= 4 is 6.29 Å². The maximum atomic E-state index is 10.8. The Labute approximate surface area is 112 Å². The van der Waals surface area contributed by atoms with Crippen LogP contribution in [0.5, 0.6) is 0 Å². The summed E-state index contributed by atoms with van der Waals surface area (Å²) in [6, 6.07) is 8.83. The molecule has 0 heterocycles. The summed E-state index contributed by atoms with van der Waals surface area (Å²) in [5.41, 5.74) is 2.82. The van der Waals surface area contributed by atoms with Crippen molar-refractivity contribution in [2.75, 3.05) is 0 Å². The lowest BCUT2D eigenvalue weighted by molar-refractivity contribution is -0.108. The van der Waals surface area contributed by atoms with Crippen LogP contribution in [0.3, 0.4) is 0 Å². The smallest absolute Gasteiger partial charge is 0.120 e. The third-order valence-electron chi connectivity index (χ3n) is 3.58. The van der Waals surface area contributed by atoms with E-state index in [1.165, 1.54) is 24.0 Å². The van der Waals surface area contributed by atoms with E-state index in [4.69, 9.17) is 0 Å². The van der Waals surface area contributed by atoms with Crippen LogP contribution >= 0.6 is 0 Å². The Morgan fingerprint density at radius 3 is 2.22 bits per heavy atom. The van der Waals surface area contributed by atoms with Gasteiger partial charge in [-0.15, -0.1) is 0 Å². The van der Waals surface area contributed by atoms with Crippen molar-refractivity contribution in [2.24, 2.45) is 5.41 Å². The molecule has 18 heavy (non-hydrogen) atoms. The van der Waals surface area contributed by atoms with Crippen molar-refractivity contribution < 1.29 is 4.79 Å². The highest BCUT2D eigenvalue weighted by Crippen LogP contribution is 2.37. The number of aldehydes is 1. The molecular formula is C17H26O. The van der Waals surface area contributed by atoms with E-state index in [2.05, 4.69) is 52.0 Å². The van der Waals surface area contributed by atoms with E-state index in [-0.39, 0.29) is 5.41 Å². The molecule has 0 spiro atoms. The number of aryl methyl sites for hydroxylation is 1. The van der Waals surface area contributed by atoms with E-state index in [0.717, 1.165) is 12.7 Å². The number of hydrogen-bond donors (Lipinski definition) is 0. The number of benzene rings is 1. The van der Waals surface area contributed by atoms with E-state index in [0.29, 0.717) is 12.3 Å². The first kappa shape index (κ1) is 14.9. The highest BCUT2D eigenvalue weighted by atomic mass is 16.1. The Morgan fingerprint density at radius 1 is 1.17 bits per heavy atom. The second kappa shape index (κ2) is 6.72. The first-order valence-electron chi connectivity index (χ1n) is 7.01. The number of rotatable bonds is 6. The Bertz CT molecular complexity index is 356. The van der Waals surface area contributed by atoms with Gasteiger partial charge in [-0.05, 0) is 35.3 Å². The summed E-state index contributed by atoms with van der Waals surface area (Å²) in [6.07, 6.45) is 5.29. The summed E-state index contributed by atoms with van der Waals surface area (Å²) in [4.78, 5) is 10.8. The molecule has 1 rings (SSSR count). The average Bonchev–Trinajstić information content (AvgIpc) is 2.33. The largest absolute Gasteiger partial charge is 0.303 e. The van der Waals surface area contributed by atoms with Gasteiger partial charge in [-0.1, -0.05) is 58.4 Å². The lowest BCUT2D eigenvalue weighted by atomic mass is 9.75. The highest BCUT2D eigenvalue weighted by Gasteiger charge is 2.25. The summed E-state index contributed by atoms with van der Waals surface area (Å²) in [6.45, 7) is 8.82. The van der Waals surface area contributed by atoms with Crippen LogP contribution in [0.4, 0.5) is 0 Å². The quantitative estimate of drug-likeness (QED) is 0.662. The lowest BCUT2D eigenvalue weighted by Gasteiger charge is -2.29. The Hall–Kier alpha value is -1.11. The summed E-state index contributed by atoms with van der Waals surface area (Å²) >= 11 is 0. The molecule has 100 valence electrons. The molecule has 1 aromatic carbocycles. The molecule has 1 atom stereocenters. The molecule has 0 fully saturated rings. The minimum Gasteiger partial charge on any atom is -0.303 e. The summed E-state index contributed by atoms with van der Waals surface area (Å²) < 4.78 is 0. The van der Waals surface area contributed by atoms with E-state index in [1.807, 2.05) is 0 Å². The maximum Gasteiger partial charge on any atom is 0.120 e. The molecule has 0 radical (unpaired) electrons. The molecule has 0 N–H and O–H groups in total. The van der Waals surface area contributed by atoms with Gasteiger partial charge in [-0.2, -0.15) is 0 Å². The SMILES string of the molecule is CCCCc1ccc(C(CC=O)C(C)(C)C)cc1. The molecule has 0 aliphatic rings. The minimum absolute atomic E-state index is 0.131. The molecule has 0 aliphatic heterocycles. The van der Waals surface area contributed by atoms with E-state index in [1.54, 1.807) is 0 Å². The van der Waals surface area contributed by atoms with Gasteiger partial charge < -0.3 is 4.79 Å². The zero-order chi connectivity index (χ0) is 13.6. The Morgan fingerprint density at radius 2 is 1.78 bits per heavy atom. The van der Waals surface area contributed by atoms with Crippen LogP contribution in [0.1, 0.15) is 64.0 Å². The summed E-state index contributed by atoms with van der Waals surface area (Å²) in [5, 5.41) is 0. The molecule has 0 saturated carbocycles. The van der Waals surface area contributed by atoms with E-state index >= 15 is 0 Å². The van der Waals surface area contributed by atoms with Crippen LogP contribution in [0, 0.1) is 5.41 Å². The number of carbonyl (C=O) groups is 1. The predicted octanol–water partition coefficient (Wildman–Crippen LogP) is 4.75. The van der Waals surface area contributed by atoms with Gasteiger partial charge in [0.1, 0.15) is 6.29 Å². The van der Waals surface area contributed by atoms with Crippen LogP contribution in [-0.2, 0) is 11.2 Å². The van der Waals surface area contributed by atoms with Gasteiger partial charge in [0, 0.05) is 6.42 Å². The molecule has 1 nitrogen and oxygen atoms in total. The predicted molar refractivity (Wildman–Crippen MR) is 77.9 cm³/mol. The molecule has 0 bridgehead atoms. The third kappa shape index (κ3) is 4.29. The zero-order valence-electron chi connectivity index (χ0n) is 12.2. The van der Waals surface area contributed by atoms with Crippen LogP contribution in [0.15, 0.2) is 24.3 Å². The normalized spacial score (nSPS) is 13.3. The lowest BCUT2D eigenvalue weighted by Crippen LogP contribution is -2.18. The Kier molecular flexibility index (Phi) is 5.58. The molecule has 0 aliphatic carbocycles. The van der Waals surface area contributed by atoms with Gasteiger partial charge in [-0.3, -0.25) is 0 Å².